The molecule has 3 rings (SSSR count). The summed E-state index contributed by atoms with van der Waals surface area (Å²) in [7, 11) is -6.68. The first-order valence-electron chi connectivity index (χ1n) is 8.24. The first-order valence-corrected chi connectivity index (χ1v) is 10.9. The van der Waals surface area contributed by atoms with Crippen LogP contribution in [0.15, 0.2) is 106 Å². The fourth-order valence-corrected chi connectivity index (χ4v) is 4.61. The quantitative estimate of drug-likeness (QED) is 0.294. The lowest BCUT2D eigenvalue weighted by Crippen LogP contribution is -2.43. The van der Waals surface area contributed by atoms with Gasteiger partial charge in [0.2, 0.25) is 0 Å². The molecule has 0 atom stereocenters. The zero-order chi connectivity index (χ0) is 22.4. The third-order valence-electron chi connectivity index (χ3n) is 3.58. The van der Waals surface area contributed by atoms with Crippen molar-refractivity contribution >= 4 is 21.0 Å². The lowest BCUT2D eigenvalue weighted by molar-refractivity contribution is -0.243. The molecule has 0 amide bonds. The SMILES string of the molecule is O=S(=O)([O-])C(F)(F)C(F)(F)F.c1ccc([S+](c2ccccc2)c2ccccc2)cc1. The molecule has 3 nitrogen and oxygen atoms in total. The minimum absolute atomic E-state index is 0.0146. The molecule has 0 spiro atoms. The Morgan fingerprint density at radius 3 is 1.03 bits per heavy atom. The maximum Gasteiger partial charge on any atom is 0.468 e. The molecule has 0 aliphatic rings. The van der Waals surface area contributed by atoms with Gasteiger partial charge >= 0.3 is 11.4 Å². The molecule has 0 saturated heterocycles. The normalized spacial score (nSPS) is 12.2. The number of hydrogen-bond donors (Lipinski definition) is 0. The van der Waals surface area contributed by atoms with Crippen molar-refractivity contribution in [2.24, 2.45) is 0 Å². The monoisotopic (exact) mass is 462 g/mol. The van der Waals surface area contributed by atoms with E-state index in [1.54, 1.807) is 0 Å². The summed E-state index contributed by atoms with van der Waals surface area (Å²) in [6.45, 7) is 0. The van der Waals surface area contributed by atoms with E-state index in [2.05, 4.69) is 91.0 Å². The van der Waals surface area contributed by atoms with Gasteiger partial charge in [-0.1, -0.05) is 54.6 Å². The summed E-state index contributed by atoms with van der Waals surface area (Å²) in [5, 5.41) is -6.21. The molecule has 0 unspecified atom stereocenters. The Morgan fingerprint density at radius 2 is 0.867 bits per heavy atom. The van der Waals surface area contributed by atoms with E-state index in [4.69, 9.17) is 0 Å². The summed E-state index contributed by atoms with van der Waals surface area (Å²) in [6.07, 6.45) is -6.35. The van der Waals surface area contributed by atoms with Gasteiger partial charge < -0.3 is 4.55 Å². The highest BCUT2D eigenvalue weighted by atomic mass is 32.2. The molecule has 0 fully saturated rings. The number of alkyl halides is 5. The van der Waals surface area contributed by atoms with Crippen LogP contribution in [-0.2, 0) is 21.0 Å². The van der Waals surface area contributed by atoms with Gasteiger partial charge in [-0.15, -0.1) is 0 Å². The first kappa shape index (κ1) is 23.8. The van der Waals surface area contributed by atoms with E-state index < -0.39 is 21.5 Å². The van der Waals surface area contributed by atoms with Crippen LogP contribution in [0.25, 0.3) is 0 Å². The zero-order valence-corrected chi connectivity index (χ0v) is 16.7. The molecule has 0 N–H and O–H groups in total. The van der Waals surface area contributed by atoms with Gasteiger partial charge in [0, 0.05) is 0 Å². The van der Waals surface area contributed by atoms with Crippen molar-refractivity contribution in [3.05, 3.63) is 91.0 Å². The third kappa shape index (κ3) is 5.80. The summed E-state index contributed by atoms with van der Waals surface area (Å²) in [6, 6.07) is 32.2. The van der Waals surface area contributed by atoms with Crippen molar-refractivity contribution in [1.82, 2.24) is 0 Å². The number of benzene rings is 3. The highest BCUT2D eigenvalue weighted by Gasteiger charge is 2.63. The van der Waals surface area contributed by atoms with E-state index in [0.717, 1.165) is 0 Å². The summed E-state index contributed by atoms with van der Waals surface area (Å²) < 4.78 is 83.6. The molecule has 3 aromatic rings. The Hall–Kier alpha value is -2.43. The maximum atomic E-state index is 11.4. The lowest BCUT2D eigenvalue weighted by atomic mass is 10.4. The van der Waals surface area contributed by atoms with Crippen LogP contribution in [-0.4, -0.2) is 24.4 Å². The molecule has 160 valence electrons. The molecule has 30 heavy (non-hydrogen) atoms. The van der Waals surface area contributed by atoms with E-state index in [-0.39, 0.29) is 10.9 Å². The molecule has 0 aromatic heterocycles. The fourth-order valence-electron chi connectivity index (χ4n) is 2.22. The second-order valence-corrected chi connectivity index (χ2v) is 9.16. The Kier molecular flexibility index (Phi) is 7.62. The van der Waals surface area contributed by atoms with Crippen molar-refractivity contribution in [3.63, 3.8) is 0 Å². The van der Waals surface area contributed by atoms with Crippen LogP contribution in [0.1, 0.15) is 0 Å². The molecule has 0 aliphatic carbocycles. The largest absolute Gasteiger partial charge is 0.743 e. The predicted molar refractivity (Wildman–Crippen MR) is 102 cm³/mol. The summed E-state index contributed by atoms with van der Waals surface area (Å²) in [5.74, 6) is 0. The van der Waals surface area contributed by atoms with Gasteiger partial charge in [0.25, 0.3) is 0 Å². The molecule has 3 aromatic carbocycles. The number of hydrogen-bond acceptors (Lipinski definition) is 3. The standard InChI is InChI=1S/C18H15S.C2HF5O3S/c1-4-10-16(11-5-1)19(17-12-6-2-7-13-17)18-14-8-3-9-15-18;3-1(4,5)2(6,7)11(8,9)10/h1-15H;(H,8,9,10)/q+1;/p-1. The average Bonchev–Trinajstić information content (AvgIpc) is 2.70. The average molecular weight is 462 g/mol. The van der Waals surface area contributed by atoms with Crippen LogP contribution in [0.5, 0.6) is 0 Å². The Morgan fingerprint density at radius 1 is 0.600 bits per heavy atom. The van der Waals surface area contributed by atoms with Crippen molar-refractivity contribution < 1.29 is 34.9 Å². The molecule has 10 heteroatoms. The number of halogens is 5. The first-order chi connectivity index (χ1) is 13.9. The minimum atomic E-state index is -6.67. The molecule has 0 saturated carbocycles. The van der Waals surface area contributed by atoms with Crippen molar-refractivity contribution in [2.75, 3.05) is 0 Å². The zero-order valence-electron chi connectivity index (χ0n) is 15.1. The molecular formula is C20H15F5O3S2. The van der Waals surface area contributed by atoms with Gasteiger partial charge in [0.15, 0.2) is 24.8 Å². The van der Waals surface area contributed by atoms with Crippen LogP contribution in [0, 0.1) is 0 Å². The van der Waals surface area contributed by atoms with Crippen molar-refractivity contribution in [3.8, 4) is 0 Å². The van der Waals surface area contributed by atoms with Crippen LogP contribution in [0.2, 0.25) is 0 Å². The van der Waals surface area contributed by atoms with Gasteiger partial charge in [-0.05, 0) is 36.4 Å². The summed E-state index contributed by atoms with van der Waals surface area (Å²) in [4.78, 5) is 4.08. The summed E-state index contributed by atoms with van der Waals surface area (Å²) in [5.41, 5.74) is 0. The third-order valence-corrected chi connectivity index (χ3v) is 6.67. The Bertz CT molecular complexity index is 932. The summed E-state index contributed by atoms with van der Waals surface area (Å²) >= 11 is 0. The lowest BCUT2D eigenvalue weighted by Gasteiger charge is -2.21. The molecule has 0 bridgehead atoms. The highest BCUT2D eigenvalue weighted by molar-refractivity contribution is 7.97. The van der Waals surface area contributed by atoms with Crippen LogP contribution < -0.4 is 0 Å². The second-order valence-electron chi connectivity index (χ2n) is 5.71. The molecule has 0 radical (unpaired) electrons. The van der Waals surface area contributed by atoms with Gasteiger partial charge in [-0.3, -0.25) is 0 Å². The van der Waals surface area contributed by atoms with Crippen molar-refractivity contribution in [1.29, 1.82) is 0 Å². The maximum absolute atomic E-state index is 11.4. The predicted octanol–water partition coefficient (Wildman–Crippen LogP) is 5.47. The van der Waals surface area contributed by atoms with Crippen LogP contribution >= 0.6 is 0 Å². The fraction of sp³-hybridized carbons (Fsp3) is 0.100. The van der Waals surface area contributed by atoms with E-state index in [9.17, 15) is 34.9 Å². The van der Waals surface area contributed by atoms with Gasteiger partial charge in [0.1, 0.15) is 0 Å². The second kappa shape index (κ2) is 9.59. The van der Waals surface area contributed by atoms with E-state index in [1.807, 2.05) is 0 Å². The van der Waals surface area contributed by atoms with E-state index in [1.165, 1.54) is 14.7 Å². The highest BCUT2D eigenvalue weighted by Crippen LogP contribution is 2.38. The van der Waals surface area contributed by atoms with Crippen LogP contribution in [0.4, 0.5) is 22.0 Å². The van der Waals surface area contributed by atoms with E-state index in [0.29, 0.717) is 0 Å². The van der Waals surface area contributed by atoms with E-state index >= 15 is 0 Å². The topological polar surface area (TPSA) is 57.2 Å². The molecular weight excluding hydrogens is 447 g/mol. The Balaban J connectivity index is 0.000000252. The Labute approximate surface area is 173 Å². The smallest absolute Gasteiger partial charge is 0.468 e. The molecule has 0 heterocycles. The van der Waals surface area contributed by atoms with Crippen LogP contribution in [0.3, 0.4) is 0 Å². The van der Waals surface area contributed by atoms with Gasteiger partial charge in [-0.2, -0.15) is 22.0 Å². The van der Waals surface area contributed by atoms with Gasteiger partial charge in [0.05, 0.1) is 10.9 Å². The minimum Gasteiger partial charge on any atom is -0.743 e. The number of rotatable bonds is 4. The van der Waals surface area contributed by atoms with Crippen molar-refractivity contribution in [2.45, 2.75) is 26.1 Å². The molecule has 0 aliphatic heterocycles. The van der Waals surface area contributed by atoms with Gasteiger partial charge in [-0.25, -0.2) is 8.42 Å².